The summed E-state index contributed by atoms with van der Waals surface area (Å²) in [6.07, 6.45) is 0. The highest BCUT2D eigenvalue weighted by atomic mass is 16.6. The second-order valence-corrected chi connectivity index (χ2v) is 5.52. The lowest BCUT2D eigenvalue weighted by Gasteiger charge is -2.08. The number of aromatic nitrogens is 2. The van der Waals surface area contributed by atoms with E-state index in [0.717, 1.165) is 11.1 Å². The van der Waals surface area contributed by atoms with Crippen LogP contribution in [0.1, 0.15) is 21.8 Å². The molecule has 1 aromatic heterocycles. The molecule has 0 aliphatic carbocycles. The quantitative estimate of drug-likeness (QED) is 0.627. The molecule has 0 fully saturated rings. The van der Waals surface area contributed by atoms with Gasteiger partial charge in [-0.05, 0) is 25.1 Å². The molecule has 2 aromatic carbocycles. The van der Waals surface area contributed by atoms with Crippen molar-refractivity contribution in [3.63, 3.8) is 0 Å². The summed E-state index contributed by atoms with van der Waals surface area (Å²) in [6, 6.07) is 12.5. The van der Waals surface area contributed by atoms with Gasteiger partial charge in [0, 0.05) is 5.56 Å². The Kier molecular flexibility index (Phi) is 5.17. The number of methoxy groups -OCH3 is 2. The predicted molar refractivity (Wildman–Crippen MR) is 93.1 cm³/mol. The van der Waals surface area contributed by atoms with Crippen LogP contribution in [0.2, 0.25) is 0 Å². The summed E-state index contributed by atoms with van der Waals surface area (Å²) >= 11 is 0. The van der Waals surface area contributed by atoms with Gasteiger partial charge in [0.1, 0.15) is 0 Å². The van der Waals surface area contributed by atoms with Crippen LogP contribution in [0.15, 0.2) is 47.0 Å². The zero-order chi connectivity index (χ0) is 18.5. The van der Waals surface area contributed by atoms with Crippen molar-refractivity contribution in [2.45, 2.75) is 13.5 Å². The Hall–Kier alpha value is -3.35. The smallest absolute Gasteiger partial charge is 0.338 e. The molecule has 0 spiro atoms. The first-order valence-electron chi connectivity index (χ1n) is 7.89. The molecule has 1 heterocycles. The summed E-state index contributed by atoms with van der Waals surface area (Å²) in [5.41, 5.74) is 2.30. The topological polar surface area (TPSA) is 83.7 Å². The minimum atomic E-state index is -0.527. The zero-order valence-electron chi connectivity index (χ0n) is 14.7. The van der Waals surface area contributed by atoms with E-state index in [0.29, 0.717) is 22.9 Å². The van der Waals surface area contributed by atoms with Crippen molar-refractivity contribution in [2.75, 3.05) is 14.2 Å². The maximum atomic E-state index is 12.2. The second-order valence-electron chi connectivity index (χ2n) is 5.52. The van der Waals surface area contributed by atoms with Gasteiger partial charge < -0.3 is 18.7 Å². The number of esters is 1. The van der Waals surface area contributed by atoms with E-state index in [1.54, 1.807) is 18.2 Å². The summed E-state index contributed by atoms with van der Waals surface area (Å²) in [6.45, 7) is 1.88. The summed E-state index contributed by atoms with van der Waals surface area (Å²) in [7, 11) is 3.02. The Balaban J connectivity index is 1.66. The Labute approximate surface area is 150 Å². The van der Waals surface area contributed by atoms with Gasteiger partial charge in [-0.3, -0.25) is 0 Å². The van der Waals surface area contributed by atoms with E-state index in [1.807, 2.05) is 31.2 Å². The van der Waals surface area contributed by atoms with E-state index >= 15 is 0 Å². The van der Waals surface area contributed by atoms with Crippen LogP contribution in [0.4, 0.5) is 0 Å². The molecule has 0 amide bonds. The van der Waals surface area contributed by atoms with Crippen molar-refractivity contribution >= 4 is 5.97 Å². The minimum absolute atomic E-state index is 0.119. The van der Waals surface area contributed by atoms with Crippen molar-refractivity contribution in [2.24, 2.45) is 0 Å². The average Bonchev–Trinajstić information content (AvgIpc) is 3.15. The first kappa shape index (κ1) is 17.5. The van der Waals surface area contributed by atoms with Crippen molar-refractivity contribution in [3.05, 3.63) is 59.5 Å². The lowest BCUT2D eigenvalue weighted by atomic mass is 10.1. The number of aryl methyl sites for hydroxylation is 1. The number of carbonyl (C=O) groups excluding carboxylic acids is 1. The number of benzene rings is 2. The number of hydrogen-bond acceptors (Lipinski definition) is 7. The van der Waals surface area contributed by atoms with Crippen molar-refractivity contribution in [3.8, 4) is 22.9 Å². The van der Waals surface area contributed by atoms with Gasteiger partial charge in [-0.25, -0.2) is 4.79 Å². The summed E-state index contributed by atoms with van der Waals surface area (Å²) < 4.78 is 20.7. The van der Waals surface area contributed by atoms with Gasteiger partial charge in [0.15, 0.2) is 18.1 Å². The van der Waals surface area contributed by atoms with E-state index in [4.69, 9.17) is 18.7 Å². The van der Waals surface area contributed by atoms with Gasteiger partial charge in [-0.1, -0.05) is 35.0 Å². The molecule has 0 aliphatic heterocycles. The van der Waals surface area contributed by atoms with E-state index in [-0.39, 0.29) is 12.5 Å². The maximum Gasteiger partial charge on any atom is 0.338 e. The molecule has 26 heavy (non-hydrogen) atoms. The van der Waals surface area contributed by atoms with Crippen LogP contribution >= 0.6 is 0 Å². The molecular weight excluding hydrogens is 336 g/mol. The molecule has 0 unspecified atom stereocenters. The molecule has 0 atom stereocenters. The molecule has 0 N–H and O–H groups in total. The van der Waals surface area contributed by atoms with Gasteiger partial charge in [0.25, 0.3) is 5.89 Å². The molecule has 0 bridgehead atoms. The summed E-state index contributed by atoms with van der Waals surface area (Å²) in [5, 5.41) is 3.90. The number of ether oxygens (including phenoxy) is 3. The van der Waals surface area contributed by atoms with E-state index in [9.17, 15) is 4.79 Å². The fraction of sp³-hybridized carbons (Fsp3) is 0.211. The van der Waals surface area contributed by atoms with Crippen LogP contribution in [0, 0.1) is 6.92 Å². The van der Waals surface area contributed by atoms with Gasteiger partial charge in [0.05, 0.1) is 19.8 Å². The molecule has 0 aliphatic rings. The van der Waals surface area contributed by atoms with Crippen LogP contribution < -0.4 is 9.47 Å². The molecule has 7 heteroatoms. The highest BCUT2D eigenvalue weighted by Gasteiger charge is 2.14. The summed E-state index contributed by atoms with van der Waals surface area (Å²) in [5.74, 6) is 1.11. The Morgan fingerprint density at radius 3 is 2.46 bits per heavy atom. The Morgan fingerprint density at radius 1 is 1.04 bits per heavy atom. The van der Waals surface area contributed by atoms with Crippen LogP contribution in [-0.4, -0.2) is 30.3 Å². The van der Waals surface area contributed by atoms with Crippen LogP contribution in [0.25, 0.3) is 11.4 Å². The number of carbonyl (C=O) groups is 1. The van der Waals surface area contributed by atoms with Gasteiger partial charge in [0.2, 0.25) is 5.82 Å². The van der Waals surface area contributed by atoms with Crippen LogP contribution in [0.5, 0.6) is 11.5 Å². The fourth-order valence-corrected chi connectivity index (χ4v) is 2.31. The zero-order valence-corrected chi connectivity index (χ0v) is 14.7. The minimum Gasteiger partial charge on any atom is -0.493 e. The van der Waals surface area contributed by atoms with Gasteiger partial charge in [-0.15, -0.1) is 0 Å². The maximum absolute atomic E-state index is 12.2. The van der Waals surface area contributed by atoms with Crippen LogP contribution in [-0.2, 0) is 11.3 Å². The number of nitrogens with zero attached hydrogens (tertiary/aromatic N) is 2. The monoisotopic (exact) mass is 354 g/mol. The predicted octanol–water partition coefficient (Wildman–Crippen LogP) is 3.42. The average molecular weight is 354 g/mol. The standard InChI is InChI=1S/C19H18N2O5/c1-12-4-6-13(7-5-12)18-20-17(26-21-18)11-25-19(22)14-8-9-15(23-2)16(10-14)24-3/h4-10H,11H2,1-3H3. The van der Waals surface area contributed by atoms with Crippen molar-refractivity contribution in [1.29, 1.82) is 0 Å². The Morgan fingerprint density at radius 2 is 1.77 bits per heavy atom. The third-order valence-electron chi connectivity index (χ3n) is 3.72. The number of hydrogen-bond donors (Lipinski definition) is 0. The third-order valence-corrected chi connectivity index (χ3v) is 3.72. The Bertz CT molecular complexity index is 903. The molecular formula is C19H18N2O5. The molecule has 0 saturated carbocycles. The molecule has 7 nitrogen and oxygen atoms in total. The fourth-order valence-electron chi connectivity index (χ4n) is 2.31. The highest BCUT2D eigenvalue weighted by molar-refractivity contribution is 5.90. The van der Waals surface area contributed by atoms with Crippen LogP contribution in [0.3, 0.4) is 0 Å². The van der Waals surface area contributed by atoms with Gasteiger partial charge in [-0.2, -0.15) is 4.98 Å². The highest BCUT2D eigenvalue weighted by Crippen LogP contribution is 2.28. The summed E-state index contributed by atoms with van der Waals surface area (Å²) in [4.78, 5) is 16.4. The normalized spacial score (nSPS) is 10.4. The number of rotatable bonds is 6. The largest absolute Gasteiger partial charge is 0.493 e. The SMILES string of the molecule is COc1ccc(C(=O)OCc2nc(-c3ccc(C)cc3)no2)cc1OC. The third kappa shape index (κ3) is 3.83. The van der Waals surface area contributed by atoms with E-state index in [1.165, 1.54) is 14.2 Å². The lowest BCUT2D eigenvalue weighted by molar-refractivity contribution is 0.0429. The van der Waals surface area contributed by atoms with Gasteiger partial charge >= 0.3 is 5.97 Å². The van der Waals surface area contributed by atoms with E-state index < -0.39 is 5.97 Å². The first-order valence-corrected chi connectivity index (χ1v) is 7.89. The molecule has 3 rings (SSSR count). The van der Waals surface area contributed by atoms with Crippen molar-refractivity contribution in [1.82, 2.24) is 10.1 Å². The molecule has 0 radical (unpaired) electrons. The molecule has 134 valence electrons. The molecule has 0 saturated heterocycles. The first-order chi connectivity index (χ1) is 12.6. The van der Waals surface area contributed by atoms with Crippen molar-refractivity contribution < 1.29 is 23.5 Å². The lowest BCUT2D eigenvalue weighted by Crippen LogP contribution is -2.06. The van der Waals surface area contributed by atoms with E-state index in [2.05, 4.69) is 10.1 Å². The second kappa shape index (κ2) is 7.69. The molecule has 3 aromatic rings.